The third kappa shape index (κ3) is 4.32. The van der Waals surface area contributed by atoms with Crippen molar-refractivity contribution in [1.82, 2.24) is 5.32 Å². The maximum Gasteiger partial charge on any atom is 0.334 e. The highest BCUT2D eigenvalue weighted by Crippen LogP contribution is 2.32. The van der Waals surface area contributed by atoms with Crippen LogP contribution in [-0.4, -0.2) is 25.5 Å². The van der Waals surface area contributed by atoms with Crippen LogP contribution in [0.4, 0.5) is 0 Å². The number of ether oxygens (including phenoxy) is 1. The van der Waals surface area contributed by atoms with Crippen LogP contribution in [0.3, 0.4) is 0 Å². The highest BCUT2D eigenvalue weighted by atomic mass is 32.1. The molecule has 0 saturated carbocycles. The number of hydrogen-bond donors (Lipinski definition) is 1. The molecule has 0 spiro atoms. The summed E-state index contributed by atoms with van der Waals surface area (Å²) in [5.74, 6) is -0.677. The molecule has 0 aliphatic heterocycles. The smallest absolute Gasteiger partial charge is 0.334 e. The van der Waals surface area contributed by atoms with Gasteiger partial charge in [-0.05, 0) is 30.9 Å². The first-order chi connectivity index (χ1) is 11.6. The molecule has 0 aliphatic rings. The van der Waals surface area contributed by atoms with Gasteiger partial charge in [0.2, 0.25) is 5.91 Å². The van der Waals surface area contributed by atoms with Gasteiger partial charge in [0.05, 0.1) is 19.1 Å². The molecule has 1 heterocycles. The van der Waals surface area contributed by atoms with E-state index < -0.39 is 5.97 Å². The van der Waals surface area contributed by atoms with Gasteiger partial charge in [0.1, 0.15) is 0 Å². The summed E-state index contributed by atoms with van der Waals surface area (Å²) in [6.45, 7) is 4.37. The van der Waals surface area contributed by atoms with Crippen LogP contribution in [0.2, 0.25) is 0 Å². The standard InChI is InChI=1S/C19H21NO3S/c1-4-20-17(21)12-15(19(22)23-3)18(16-6-5-11-24-16)14-9-7-13(2)8-10-14/h5-11H,4,12H2,1-3H3,(H,20,21)/b18-15+. The van der Waals surface area contributed by atoms with E-state index >= 15 is 0 Å². The Morgan fingerprint density at radius 1 is 1.17 bits per heavy atom. The molecular formula is C19H21NO3S. The molecule has 0 atom stereocenters. The maximum absolute atomic E-state index is 12.4. The van der Waals surface area contributed by atoms with E-state index in [0.29, 0.717) is 12.1 Å². The molecule has 0 bridgehead atoms. The molecule has 126 valence electrons. The first-order valence-electron chi connectivity index (χ1n) is 7.75. The van der Waals surface area contributed by atoms with Gasteiger partial charge < -0.3 is 10.1 Å². The molecule has 1 aromatic heterocycles. The van der Waals surface area contributed by atoms with Crippen molar-refractivity contribution in [3.8, 4) is 0 Å². The molecule has 4 nitrogen and oxygen atoms in total. The Labute approximate surface area is 146 Å². The summed E-state index contributed by atoms with van der Waals surface area (Å²) in [6.07, 6.45) is -0.0123. The number of thiophene rings is 1. The van der Waals surface area contributed by atoms with E-state index in [1.165, 1.54) is 18.4 Å². The molecule has 0 fully saturated rings. The van der Waals surface area contributed by atoms with E-state index in [2.05, 4.69) is 5.32 Å². The molecule has 0 saturated heterocycles. The van der Waals surface area contributed by atoms with Gasteiger partial charge in [-0.25, -0.2) is 4.79 Å². The second-order valence-corrected chi connectivity index (χ2v) is 6.27. The van der Waals surface area contributed by atoms with Crippen LogP contribution in [-0.2, 0) is 14.3 Å². The Bertz CT molecular complexity index is 730. The number of esters is 1. The second kappa shape index (κ2) is 8.45. The zero-order chi connectivity index (χ0) is 17.5. The summed E-state index contributed by atoms with van der Waals surface area (Å²) in [5, 5.41) is 4.69. The highest BCUT2D eigenvalue weighted by Gasteiger charge is 2.22. The van der Waals surface area contributed by atoms with E-state index in [4.69, 9.17) is 4.74 Å². The van der Waals surface area contributed by atoms with Crippen molar-refractivity contribution in [3.05, 3.63) is 63.4 Å². The van der Waals surface area contributed by atoms with Crippen molar-refractivity contribution in [2.45, 2.75) is 20.3 Å². The Morgan fingerprint density at radius 2 is 1.88 bits per heavy atom. The van der Waals surface area contributed by atoms with Gasteiger partial charge in [-0.3, -0.25) is 4.79 Å². The average Bonchev–Trinajstić information content (AvgIpc) is 3.09. The first-order valence-corrected chi connectivity index (χ1v) is 8.63. The minimum absolute atomic E-state index is 0.0123. The van der Waals surface area contributed by atoms with Gasteiger partial charge in [-0.2, -0.15) is 0 Å². The van der Waals surface area contributed by atoms with E-state index in [1.807, 2.05) is 55.6 Å². The number of carbonyl (C=O) groups excluding carboxylic acids is 2. The van der Waals surface area contributed by atoms with Crippen molar-refractivity contribution in [2.75, 3.05) is 13.7 Å². The molecule has 0 radical (unpaired) electrons. The third-order valence-corrected chi connectivity index (χ3v) is 4.44. The molecule has 2 rings (SSSR count). The average molecular weight is 343 g/mol. The van der Waals surface area contributed by atoms with Gasteiger partial charge in [0, 0.05) is 17.0 Å². The SMILES string of the molecule is CCNC(=O)C/C(C(=O)OC)=C(/c1ccc(C)cc1)c1cccs1. The van der Waals surface area contributed by atoms with Gasteiger partial charge in [-0.15, -0.1) is 11.3 Å². The predicted octanol–water partition coefficient (Wildman–Crippen LogP) is 3.56. The lowest BCUT2D eigenvalue weighted by Crippen LogP contribution is -2.25. The molecule has 5 heteroatoms. The van der Waals surface area contributed by atoms with Crippen molar-refractivity contribution in [3.63, 3.8) is 0 Å². The van der Waals surface area contributed by atoms with Crippen molar-refractivity contribution >= 4 is 28.8 Å². The lowest BCUT2D eigenvalue weighted by Gasteiger charge is -2.14. The quantitative estimate of drug-likeness (QED) is 0.644. The molecular weight excluding hydrogens is 322 g/mol. The van der Waals surface area contributed by atoms with Crippen LogP contribution < -0.4 is 5.32 Å². The Hall–Kier alpha value is -2.40. The van der Waals surface area contributed by atoms with E-state index in [0.717, 1.165) is 21.6 Å². The Balaban J connectivity index is 2.61. The molecule has 0 unspecified atom stereocenters. The topological polar surface area (TPSA) is 55.4 Å². The van der Waals surface area contributed by atoms with Crippen molar-refractivity contribution in [2.24, 2.45) is 0 Å². The number of benzene rings is 1. The lowest BCUT2D eigenvalue weighted by atomic mass is 9.95. The molecule has 1 amide bonds. The molecule has 0 aliphatic carbocycles. The first kappa shape index (κ1) is 17.9. The number of carbonyl (C=O) groups is 2. The van der Waals surface area contributed by atoms with Crippen LogP contribution in [0.5, 0.6) is 0 Å². The minimum atomic E-state index is -0.481. The van der Waals surface area contributed by atoms with Crippen LogP contribution >= 0.6 is 11.3 Å². The number of hydrogen-bond acceptors (Lipinski definition) is 4. The fraction of sp³-hybridized carbons (Fsp3) is 0.263. The molecule has 24 heavy (non-hydrogen) atoms. The summed E-state index contributed by atoms with van der Waals surface area (Å²) in [7, 11) is 1.33. The van der Waals surface area contributed by atoms with E-state index in [9.17, 15) is 9.59 Å². The summed E-state index contributed by atoms with van der Waals surface area (Å²) < 4.78 is 4.94. The summed E-state index contributed by atoms with van der Waals surface area (Å²) in [6, 6.07) is 11.8. The maximum atomic E-state index is 12.4. The Kier molecular flexibility index (Phi) is 6.32. The molecule has 2 aromatic rings. The monoisotopic (exact) mass is 343 g/mol. The largest absolute Gasteiger partial charge is 0.466 e. The van der Waals surface area contributed by atoms with E-state index in [-0.39, 0.29) is 12.3 Å². The number of amides is 1. The van der Waals surface area contributed by atoms with Crippen molar-refractivity contribution in [1.29, 1.82) is 0 Å². The summed E-state index contributed by atoms with van der Waals surface area (Å²) >= 11 is 1.53. The summed E-state index contributed by atoms with van der Waals surface area (Å²) in [5.41, 5.74) is 3.15. The molecule has 1 aromatic carbocycles. The second-order valence-electron chi connectivity index (χ2n) is 5.32. The predicted molar refractivity (Wildman–Crippen MR) is 96.8 cm³/mol. The fourth-order valence-corrected chi connectivity index (χ4v) is 3.23. The van der Waals surface area contributed by atoms with Gasteiger partial charge >= 0.3 is 5.97 Å². The number of aryl methyl sites for hydroxylation is 1. The van der Waals surface area contributed by atoms with Crippen LogP contribution in [0.15, 0.2) is 47.4 Å². The minimum Gasteiger partial charge on any atom is -0.466 e. The number of rotatable bonds is 6. The van der Waals surface area contributed by atoms with Crippen molar-refractivity contribution < 1.29 is 14.3 Å². The summed E-state index contributed by atoms with van der Waals surface area (Å²) in [4.78, 5) is 25.4. The Morgan fingerprint density at radius 3 is 2.42 bits per heavy atom. The number of nitrogens with one attached hydrogen (secondary N) is 1. The third-order valence-electron chi connectivity index (χ3n) is 3.55. The zero-order valence-corrected chi connectivity index (χ0v) is 14.9. The fourth-order valence-electron chi connectivity index (χ4n) is 2.41. The number of methoxy groups -OCH3 is 1. The molecule has 1 N–H and O–H groups in total. The van der Waals surface area contributed by atoms with Crippen LogP contribution in [0, 0.1) is 6.92 Å². The zero-order valence-electron chi connectivity index (χ0n) is 14.1. The lowest BCUT2D eigenvalue weighted by molar-refractivity contribution is -0.137. The normalized spacial score (nSPS) is 11.6. The van der Waals surface area contributed by atoms with Crippen LogP contribution in [0.25, 0.3) is 5.57 Å². The van der Waals surface area contributed by atoms with Gasteiger partial charge in [0.15, 0.2) is 0 Å². The highest BCUT2D eigenvalue weighted by molar-refractivity contribution is 7.11. The van der Waals surface area contributed by atoms with Gasteiger partial charge in [0.25, 0.3) is 0 Å². The van der Waals surface area contributed by atoms with Gasteiger partial charge in [-0.1, -0.05) is 35.9 Å². The van der Waals surface area contributed by atoms with E-state index in [1.54, 1.807) is 0 Å². The van der Waals surface area contributed by atoms with Crippen LogP contribution in [0.1, 0.15) is 29.3 Å².